The molecule has 0 saturated carbocycles. The third-order valence-electron chi connectivity index (χ3n) is 5.70. The van der Waals surface area contributed by atoms with Gasteiger partial charge in [-0.15, -0.1) is 0 Å². The molecule has 0 saturated heterocycles. The molecule has 0 heterocycles. The molecule has 35 heavy (non-hydrogen) atoms. The monoisotopic (exact) mass is 487 g/mol. The zero-order valence-electron chi connectivity index (χ0n) is 19.0. The lowest BCUT2D eigenvalue weighted by molar-refractivity contribution is 0.102. The van der Waals surface area contributed by atoms with Gasteiger partial charge in [-0.05, 0) is 71.6 Å². The van der Waals surface area contributed by atoms with Crippen molar-refractivity contribution in [1.29, 1.82) is 0 Å². The maximum Gasteiger partial charge on any atom is 0.255 e. The van der Waals surface area contributed by atoms with E-state index < -0.39 is 10.8 Å². The van der Waals surface area contributed by atoms with E-state index >= 15 is 0 Å². The van der Waals surface area contributed by atoms with Crippen LogP contribution in [-0.4, -0.2) is 15.9 Å². The summed E-state index contributed by atoms with van der Waals surface area (Å²) in [6, 6.07) is 27.5. The van der Waals surface area contributed by atoms with E-state index in [1.807, 2.05) is 36.4 Å². The van der Waals surface area contributed by atoms with Gasteiger partial charge in [0, 0.05) is 22.3 Å². The van der Waals surface area contributed by atoms with Crippen LogP contribution in [0.3, 0.4) is 0 Å². The van der Waals surface area contributed by atoms with Gasteiger partial charge in [0.15, 0.2) is 0 Å². The van der Waals surface area contributed by atoms with Crippen LogP contribution in [0.4, 0.5) is 15.8 Å². The molecule has 0 aliphatic heterocycles. The minimum Gasteiger partial charge on any atom is -0.397 e. The molecule has 4 rings (SSSR count). The summed E-state index contributed by atoms with van der Waals surface area (Å²) in [6.07, 6.45) is 0.586. The Labute approximate surface area is 206 Å². The number of carbonyl (C=O) groups is 1. The van der Waals surface area contributed by atoms with Crippen LogP contribution in [0.2, 0.25) is 0 Å². The van der Waals surface area contributed by atoms with Crippen molar-refractivity contribution >= 4 is 28.1 Å². The van der Waals surface area contributed by atoms with Gasteiger partial charge >= 0.3 is 0 Å². The van der Waals surface area contributed by atoms with Gasteiger partial charge in [0.05, 0.1) is 22.2 Å². The standard InChI is InChI=1S/C28H26FN3O2S/c29-23-11-6-19(7-12-23)22-10-15-26(31)27(18-22)32-28(33)21-8-13-24(14-9-21)35(34)17-16-25(30)20-4-2-1-3-5-20/h1-15,18,25H,16-17,30-31H2,(H,32,33). The third-order valence-corrected chi connectivity index (χ3v) is 7.10. The van der Waals surface area contributed by atoms with Gasteiger partial charge < -0.3 is 16.8 Å². The first kappa shape index (κ1) is 24.3. The normalized spacial score (nSPS) is 12.6. The number of anilines is 2. The molecule has 4 aromatic carbocycles. The highest BCUT2D eigenvalue weighted by atomic mass is 32.2. The lowest BCUT2D eigenvalue weighted by atomic mass is 10.0. The van der Waals surface area contributed by atoms with E-state index in [1.54, 1.807) is 48.5 Å². The summed E-state index contributed by atoms with van der Waals surface area (Å²) in [7, 11) is -1.23. The molecular formula is C28H26FN3O2S. The average molecular weight is 488 g/mol. The fourth-order valence-corrected chi connectivity index (χ4v) is 4.80. The number of halogens is 1. The predicted molar refractivity (Wildman–Crippen MR) is 140 cm³/mol. The lowest BCUT2D eigenvalue weighted by Crippen LogP contribution is -2.14. The summed E-state index contributed by atoms with van der Waals surface area (Å²) in [6.45, 7) is 0. The Morgan fingerprint density at radius 2 is 1.54 bits per heavy atom. The molecule has 5 N–H and O–H groups in total. The summed E-state index contributed by atoms with van der Waals surface area (Å²) in [5.41, 5.74) is 16.2. The van der Waals surface area contributed by atoms with Gasteiger partial charge in [0.2, 0.25) is 0 Å². The topological polar surface area (TPSA) is 98.2 Å². The molecule has 178 valence electrons. The quantitative estimate of drug-likeness (QED) is 0.285. The molecule has 2 atom stereocenters. The number of carbonyl (C=O) groups excluding carboxylic acids is 1. The van der Waals surface area contributed by atoms with Crippen LogP contribution in [0.5, 0.6) is 0 Å². The van der Waals surface area contributed by atoms with Gasteiger partial charge in [0.1, 0.15) is 5.82 Å². The van der Waals surface area contributed by atoms with Gasteiger partial charge in [-0.25, -0.2) is 4.39 Å². The first-order valence-electron chi connectivity index (χ1n) is 11.2. The molecule has 0 bridgehead atoms. The highest BCUT2D eigenvalue weighted by molar-refractivity contribution is 7.85. The molecule has 0 fully saturated rings. The van der Waals surface area contributed by atoms with E-state index in [2.05, 4.69) is 5.32 Å². The van der Waals surface area contributed by atoms with Crippen molar-refractivity contribution in [2.45, 2.75) is 17.4 Å². The van der Waals surface area contributed by atoms with Crippen LogP contribution < -0.4 is 16.8 Å². The second-order valence-electron chi connectivity index (χ2n) is 8.14. The Morgan fingerprint density at radius 1 is 0.886 bits per heavy atom. The van der Waals surface area contributed by atoms with E-state index in [0.717, 1.165) is 16.7 Å². The Balaban J connectivity index is 1.39. The molecule has 0 spiro atoms. The van der Waals surface area contributed by atoms with E-state index in [0.29, 0.717) is 34.0 Å². The van der Waals surface area contributed by atoms with Gasteiger partial charge in [-0.2, -0.15) is 0 Å². The summed E-state index contributed by atoms with van der Waals surface area (Å²) in [4.78, 5) is 13.4. The number of hydrogen-bond acceptors (Lipinski definition) is 4. The zero-order valence-corrected chi connectivity index (χ0v) is 19.8. The molecule has 7 heteroatoms. The van der Waals surface area contributed by atoms with E-state index in [-0.39, 0.29) is 17.8 Å². The van der Waals surface area contributed by atoms with Crippen molar-refractivity contribution < 1.29 is 13.4 Å². The molecule has 2 unspecified atom stereocenters. The average Bonchev–Trinajstić information content (AvgIpc) is 2.89. The maximum atomic E-state index is 13.2. The molecule has 4 aromatic rings. The number of benzene rings is 4. The zero-order chi connectivity index (χ0) is 24.8. The third kappa shape index (κ3) is 6.20. The lowest BCUT2D eigenvalue weighted by Gasteiger charge is -2.12. The van der Waals surface area contributed by atoms with Crippen molar-refractivity contribution in [3.8, 4) is 11.1 Å². The van der Waals surface area contributed by atoms with Crippen LogP contribution in [0.15, 0.2) is 102 Å². The Hall–Kier alpha value is -3.81. The van der Waals surface area contributed by atoms with Crippen LogP contribution in [-0.2, 0) is 10.8 Å². The molecule has 0 aromatic heterocycles. The van der Waals surface area contributed by atoms with Crippen LogP contribution in [0.25, 0.3) is 11.1 Å². The van der Waals surface area contributed by atoms with Crippen molar-refractivity contribution in [3.63, 3.8) is 0 Å². The Bertz CT molecular complexity index is 1330. The maximum absolute atomic E-state index is 13.2. The number of rotatable bonds is 8. The second-order valence-corrected chi connectivity index (χ2v) is 9.71. The van der Waals surface area contributed by atoms with Crippen LogP contribution in [0.1, 0.15) is 28.4 Å². The molecular weight excluding hydrogens is 461 g/mol. The highest BCUT2D eigenvalue weighted by Gasteiger charge is 2.13. The van der Waals surface area contributed by atoms with Gasteiger partial charge in [0.25, 0.3) is 5.91 Å². The van der Waals surface area contributed by atoms with Crippen molar-refractivity contribution in [3.05, 3.63) is 114 Å². The van der Waals surface area contributed by atoms with Gasteiger partial charge in [-0.3, -0.25) is 9.00 Å². The second kappa shape index (κ2) is 11.1. The number of nitrogen functional groups attached to an aromatic ring is 1. The highest BCUT2D eigenvalue weighted by Crippen LogP contribution is 2.28. The summed E-state index contributed by atoms with van der Waals surface area (Å²) >= 11 is 0. The minimum atomic E-state index is -1.23. The first-order valence-corrected chi connectivity index (χ1v) is 12.5. The van der Waals surface area contributed by atoms with E-state index in [9.17, 15) is 13.4 Å². The fraction of sp³-hybridized carbons (Fsp3) is 0.107. The van der Waals surface area contributed by atoms with Crippen molar-refractivity contribution in [1.82, 2.24) is 0 Å². The number of nitrogens with two attached hydrogens (primary N) is 2. The largest absolute Gasteiger partial charge is 0.397 e. The van der Waals surface area contributed by atoms with Crippen molar-refractivity contribution in [2.75, 3.05) is 16.8 Å². The number of nitrogens with one attached hydrogen (secondary N) is 1. The Morgan fingerprint density at radius 3 is 2.23 bits per heavy atom. The smallest absolute Gasteiger partial charge is 0.255 e. The molecule has 1 amide bonds. The SMILES string of the molecule is Nc1ccc(-c2ccc(F)cc2)cc1NC(=O)c1ccc(S(=O)CCC(N)c2ccccc2)cc1. The van der Waals surface area contributed by atoms with Crippen LogP contribution >= 0.6 is 0 Å². The predicted octanol–water partition coefficient (Wildman–Crippen LogP) is 5.52. The summed E-state index contributed by atoms with van der Waals surface area (Å²) in [5, 5.41) is 2.82. The summed E-state index contributed by atoms with van der Waals surface area (Å²) < 4.78 is 25.9. The molecule has 5 nitrogen and oxygen atoms in total. The number of amides is 1. The first-order chi connectivity index (χ1) is 16.9. The minimum absolute atomic E-state index is 0.179. The van der Waals surface area contributed by atoms with Crippen LogP contribution in [0, 0.1) is 5.82 Å². The van der Waals surface area contributed by atoms with Gasteiger partial charge in [-0.1, -0.05) is 48.5 Å². The Kier molecular flexibility index (Phi) is 7.70. The van der Waals surface area contributed by atoms with E-state index in [1.165, 1.54) is 12.1 Å². The van der Waals surface area contributed by atoms with E-state index in [4.69, 9.17) is 11.5 Å². The van der Waals surface area contributed by atoms with Crippen molar-refractivity contribution in [2.24, 2.45) is 5.73 Å². The fourth-order valence-electron chi connectivity index (χ4n) is 3.66. The molecule has 0 aliphatic rings. The molecule has 0 radical (unpaired) electrons. The number of hydrogen-bond donors (Lipinski definition) is 3. The molecule has 0 aliphatic carbocycles. The summed E-state index contributed by atoms with van der Waals surface area (Å²) in [5.74, 6) is -0.230.